The minimum atomic E-state index is 0. The maximum Gasteiger partial charge on any atom is 0.219 e. The topological polar surface area (TPSA) is 47.9 Å². The Morgan fingerprint density at radius 3 is 2.48 bits per heavy atom. The fourth-order valence-corrected chi connectivity index (χ4v) is 4.16. The van der Waals surface area contributed by atoms with E-state index in [-0.39, 0.29) is 29.9 Å². The molecular formula is C15H24I2N4OS. The van der Waals surface area contributed by atoms with Crippen molar-refractivity contribution in [3.63, 3.8) is 0 Å². The van der Waals surface area contributed by atoms with Gasteiger partial charge in [-0.25, -0.2) is 0 Å². The van der Waals surface area contributed by atoms with Gasteiger partial charge in [-0.2, -0.15) is 0 Å². The van der Waals surface area contributed by atoms with E-state index in [4.69, 9.17) is 4.99 Å². The van der Waals surface area contributed by atoms with Crippen molar-refractivity contribution < 1.29 is 4.79 Å². The predicted octanol–water partition coefficient (Wildman–Crippen LogP) is 2.64. The van der Waals surface area contributed by atoms with E-state index < -0.39 is 0 Å². The second kappa shape index (κ2) is 10.7. The summed E-state index contributed by atoms with van der Waals surface area (Å²) in [5.41, 5.74) is 0. The molecule has 1 fully saturated rings. The molecule has 1 aliphatic rings. The zero-order valence-corrected chi connectivity index (χ0v) is 18.9. The molecule has 0 aromatic carbocycles. The first-order chi connectivity index (χ1) is 10.6. The van der Waals surface area contributed by atoms with Crippen LogP contribution in [0.15, 0.2) is 17.1 Å². The first-order valence-corrected chi connectivity index (χ1v) is 9.52. The van der Waals surface area contributed by atoms with E-state index in [2.05, 4.69) is 51.9 Å². The molecule has 5 nitrogen and oxygen atoms in total. The van der Waals surface area contributed by atoms with E-state index in [1.54, 1.807) is 6.92 Å². The quantitative estimate of drug-likeness (QED) is 0.349. The van der Waals surface area contributed by atoms with E-state index in [0.717, 1.165) is 51.6 Å². The fourth-order valence-electron chi connectivity index (χ4n) is 2.42. The predicted molar refractivity (Wildman–Crippen MR) is 116 cm³/mol. The summed E-state index contributed by atoms with van der Waals surface area (Å²) in [6, 6.07) is 4.33. The second-order valence-electron chi connectivity index (χ2n) is 5.18. The molecule has 0 aliphatic carbocycles. The zero-order valence-electron chi connectivity index (χ0n) is 13.5. The van der Waals surface area contributed by atoms with Crippen LogP contribution in [0.25, 0.3) is 0 Å². The van der Waals surface area contributed by atoms with Gasteiger partial charge >= 0.3 is 0 Å². The highest BCUT2D eigenvalue weighted by molar-refractivity contribution is 14.1. The van der Waals surface area contributed by atoms with Gasteiger partial charge in [-0.05, 0) is 41.6 Å². The third-order valence-electron chi connectivity index (χ3n) is 3.61. The van der Waals surface area contributed by atoms with Crippen molar-refractivity contribution in [1.29, 1.82) is 0 Å². The Morgan fingerprint density at radius 1 is 1.30 bits per heavy atom. The molecule has 1 aromatic heterocycles. The average Bonchev–Trinajstić information content (AvgIpc) is 2.92. The highest BCUT2D eigenvalue weighted by atomic mass is 127. The molecule has 8 heteroatoms. The minimum Gasteiger partial charge on any atom is -0.357 e. The molecule has 1 amide bonds. The average molecular weight is 562 g/mol. The van der Waals surface area contributed by atoms with E-state index in [9.17, 15) is 4.79 Å². The van der Waals surface area contributed by atoms with E-state index in [1.807, 2.05) is 16.2 Å². The Bertz CT molecular complexity index is 527. The normalized spacial score (nSPS) is 15.3. The molecule has 1 saturated heterocycles. The van der Waals surface area contributed by atoms with Crippen molar-refractivity contribution in [2.75, 3.05) is 39.3 Å². The van der Waals surface area contributed by atoms with Crippen LogP contribution in [0.4, 0.5) is 0 Å². The Labute approximate surface area is 173 Å². The van der Waals surface area contributed by atoms with Gasteiger partial charge in [-0.1, -0.05) is 0 Å². The number of aliphatic imine (C=N–C) groups is 1. The van der Waals surface area contributed by atoms with Crippen LogP contribution < -0.4 is 5.32 Å². The molecule has 1 N–H and O–H groups in total. The Balaban J connectivity index is 0.00000264. The van der Waals surface area contributed by atoms with Crippen molar-refractivity contribution in [3.8, 4) is 0 Å². The summed E-state index contributed by atoms with van der Waals surface area (Å²) in [6.45, 7) is 8.64. The van der Waals surface area contributed by atoms with Gasteiger partial charge in [0.25, 0.3) is 0 Å². The molecule has 0 bridgehead atoms. The number of nitrogens with one attached hydrogen (secondary N) is 1. The number of amides is 1. The van der Waals surface area contributed by atoms with Crippen LogP contribution in [0, 0.1) is 2.88 Å². The molecule has 1 aromatic rings. The molecule has 2 rings (SSSR count). The molecular weight excluding hydrogens is 538 g/mol. The molecule has 0 unspecified atom stereocenters. The van der Waals surface area contributed by atoms with Crippen LogP contribution in [-0.2, 0) is 11.2 Å². The van der Waals surface area contributed by atoms with Gasteiger partial charge in [0, 0.05) is 57.5 Å². The summed E-state index contributed by atoms with van der Waals surface area (Å²) in [6.07, 6.45) is 0.982. The van der Waals surface area contributed by atoms with Gasteiger partial charge in [-0.3, -0.25) is 9.79 Å². The monoisotopic (exact) mass is 562 g/mol. The maximum atomic E-state index is 11.4. The zero-order chi connectivity index (χ0) is 15.9. The lowest BCUT2D eigenvalue weighted by Gasteiger charge is -2.36. The van der Waals surface area contributed by atoms with Gasteiger partial charge < -0.3 is 15.1 Å². The summed E-state index contributed by atoms with van der Waals surface area (Å²) in [5.74, 6) is 1.13. The third-order valence-corrected chi connectivity index (χ3v) is 5.56. The van der Waals surface area contributed by atoms with Crippen molar-refractivity contribution in [2.45, 2.75) is 20.3 Å². The van der Waals surface area contributed by atoms with Crippen LogP contribution in [0.5, 0.6) is 0 Å². The highest BCUT2D eigenvalue weighted by Gasteiger charge is 2.20. The van der Waals surface area contributed by atoms with Crippen molar-refractivity contribution in [3.05, 3.63) is 19.9 Å². The Kier molecular flexibility index (Phi) is 9.74. The van der Waals surface area contributed by atoms with Gasteiger partial charge in [0.15, 0.2) is 5.96 Å². The molecule has 2 heterocycles. The number of halogens is 2. The van der Waals surface area contributed by atoms with E-state index in [1.165, 1.54) is 7.76 Å². The lowest BCUT2D eigenvalue weighted by molar-refractivity contribution is -0.130. The lowest BCUT2D eigenvalue weighted by atomic mass is 10.3. The molecule has 23 heavy (non-hydrogen) atoms. The largest absolute Gasteiger partial charge is 0.357 e. The number of piperazine rings is 1. The molecule has 0 spiro atoms. The highest BCUT2D eigenvalue weighted by Crippen LogP contribution is 2.18. The number of carbonyl (C=O) groups is 1. The Hall–Kier alpha value is -0.100. The maximum absolute atomic E-state index is 11.4. The number of nitrogens with zero attached hydrogens (tertiary/aromatic N) is 3. The van der Waals surface area contributed by atoms with E-state index >= 15 is 0 Å². The molecule has 0 radical (unpaired) electrons. The summed E-state index contributed by atoms with van der Waals surface area (Å²) in [4.78, 5) is 21.7. The van der Waals surface area contributed by atoms with Crippen LogP contribution in [0.2, 0.25) is 0 Å². The van der Waals surface area contributed by atoms with Crippen LogP contribution in [0.3, 0.4) is 0 Å². The van der Waals surface area contributed by atoms with Gasteiger partial charge in [0.05, 0.1) is 2.88 Å². The standard InChI is InChI=1S/C15H23IN4OS.HI/c1-3-17-15(18-7-6-13-4-5-14(16)22-13)20-10-8-19(9-11-20)12(2)21;/h4-5H,3,6-11H2,1-2H3,(H,17,18);1H. The number of hydrogen-bond acceptors (Lipinski definition) is 3. The lowest BCUT2D eigenvalue weighted by Crippen LogP contribution is -2.53. The fraction of sp³-hybridized carbons (Fsp3) is 0.600. The van der Waals surface area contributed by atoms with Crippen LogP contribution in [0.1, 0.15) is 18.7 Å². The number of guanidine groups is 1. The second-order valence-corrected chi connectivity index (χ2v) is 8.25. The van der Waals surface area contributed by atoms with Crippen LogP contribution in [-0.4, -0.2) is 60.9 Å². The van der Waals surface area contributed by atoms with Gasteiger partial charge in [0.2, 0.25) is 5.91 Å². The Morgan fingerprint density at radius 2 is 1.96 bits per heavy atom. The smallest absolute Gasteiger partial charge is 0.219 e. The van der Waals surface area contributed by atoms with Crippen molar-refractivity contribution in [1.82, 2.24) is 15.1 Å². The van der Waals surface area contributed by atoms with Gasteiger partial charge in [0.1, 0.15) is 0 Å². The molecule has 130 valence electrons. The molecule has 0 atom stereocenters. The number of thiophene rings is 1. The van der Waals surface area contributed by atoms with Crippen LogP contribution >= 0.6 is 57.9 Å². The third kappa shape index (κ3) is 6.73. The summed E-state index contributed by atoms with van der Waals surface area (Å²) in [5, 5.41) is 3.36. The molecule has 1 aliphatic heterocycles. The first kappa shape index (κ1) is 20.9. The molecule has 0 saturated carbocycles. The summed E-state index contributed by atoms with van der Waals surface area (Å²) < 4.78 is 1.32. The van der Waals surface area contributed by atoms with E-state index in [0.29, 0.717) is 0 Å². The number of rotatable bonds is 4. The van der Waals surface area contributed by atoms with Crippen molar-refractivity contribution in [2.24, 2.45) is 4.99 Å². The minimum absolute atomic E-state index is 0. The van der Waals surface area contributed by atoms with Gasteiger partial charge in [-0.15, -0.1) is 35.3 Å². The number of carbonyl (C=O) groups excluding carboxylic acids is 1. The number of hydrogen-bond donors (Lipinski definition) is 1. The summed E-state index contributed by atoms with van der Waals surface area (Å²) in [7, 11) is 0. The van der Waals surface area contributed by atoms with Crippen molar-refractivity contribution >= 4 is 69.8 Å². The summed E-state index contributed by atoms with van der Waals surface area (Å²) >= 11 is 4.18. The SMILES string of the molecule is CCNC(=NCCc1ccc(I)s1)N1CCN(C(C)=O)CC1.I. The first-order valence-electron chi connectivity index (χ1n) is 7.63.